The monoisotopic (exact) mass is 247 g/mol. The van der Waals surface area contributed by atoms with Crippen molar-refractivity contribution >= 4 is 0 Å². The fraction of sp³-hybridized carbons (Fsp3) is 0.500. The number of β-amino-alcohol motifs (C(OH)–C–C–N with tert-alkyl or cyclic N) is 1. The molecule has 1 atom stereocenters. The van der Waals surface area contributed by atoms with E-state index in [-0.39, 0.29) is 12.6 Å². The second-order valence-corrected chi connectivity index (χ2v) is 4.34. The molecule has 1 fully saturated rings. The predicted octanol–water partition coefficient (Wildman–Crippen LogP) is 0.764. The van der Waals surface area contributed by atoms with E-state index in [1.807, 2.05) is 6.07 Å². The zero-order valence-corrected chi connectivity index (χ0v) is 10.6. The third kappa shape index (κ3) is 5.78. The van der Waals surface area contributed by atoms with E-state index in [1.54, 1.807) is 6.07 Å². The summed E-state index contributed by atoms with van der Waals surface area (Å²) in [4.78, 5) is 2.33. The van der Waals surface area contributed by atoms with Crippen molar-refractivity contribution in [3.05, 3.63) is 35.9 Å². The minimum Gasteiger partial charge on any atom is -0.392 e. The average Bonchev–Trinajstić information content (AvgIpc) is 2.84. The maximum absolute atomic E-state index is 9.36. The zero-order valence-electron chi connectivity index (χ0n) is 10.6. The van der Waals surface area contributed by atoms with Gasteiger partial charge in [-0.15, -0.1) is 0 Å². The van der Waals surface area contributed by atoms with Crippen molar-refractivity contribution in [2.75, 3.05) is 26.2 Å². The SMILES string of the molecule is N#CCN.OC1CCN(CCc2ccccc2)C1. The van der Waals surface area contributed by atoms with Crippen LogP contribution in [0.2, 0.25) is 0 Å². The molecule has 1 aliphatic heterocycles. The standard InChI is InChI=1S/C12H17NO.C2H4N2/c14-12-7-9-13(10-12)8-6-11-4-2-1-3-5-11;3-1-2-4/h1-5,12,14H,6-10H2;1,3H2. The summed E-state index contributed by atoms with van der Waals surface area (Å²) in [6, 6.07) is 12.2. The lowest BCUT2D eigenvalue weighted by Crippen LogP contribution is -2.24. The Kier molecular flexibility index (Phi) is 7.04. The lowest BCUT2D eigenvalue weighted by Gasteiger charge is -2.14. The molecule has 98 valence electrons. The number of nitrogens with zero attached hydrogens (tertiary/aromatic N) is 2. The quantitative estimate of drug-likeness (QED) is 0.774. The van der Waals surface area contributed by atoms with Gasteiger partial charge in [0.2, 0.25) is 0 Å². The highest BCUT2D eigenvalue weighted by Gasteiger charge is 2.19. The van der Waals surface area contributed by atoms with Crippen LogP contribution in [0.3, 0.4) is 0 Å². The minimum absolute atomic E-state index is 0.0919. The van der Waals surface area contributed by atoms with Crippen LogP contribution in [0.1, 0.15) is 12.0 Å². The molecule has 0 saturated carbocycles. The van der Waals surface area contributed by atoms with Gasteiger partial charge in [-0.2, -0.15) is 5.26 Å². The lowest BCUT2D eigenvalue weighted by molar-refractivity contribution is 0.177. The highest BCUT2D eigenvalue weighted by molar-refractivity contribution is 5.14. The summed E-state index contributed by atoms with van der Waals surface area (Å²) in [5.41, 5.74) is 6.05. The number of hydrogen-bond acceptors (Lipinski definition) is 4. The maximum Gasteiger partial charge on any atom is 0.0815 e. The van der Waals surface area contributed by atoms with Crippen LogP contribution >= 0.6 is 0 Å². The maximum atomic E-state index is 9.36. The van der Waals surface area contributed by atoms with Crippen LogP contribution in [-0.2, 0) is 6.42 Å². The third-order valence-corrected chi connectivity index (χ3v) is 2.90. The van der Waals surface area contributed by atoms with Crippen LogP contribution in [0, 0.1) is 11.3 Å². The first-order valence-electron chi connectivity index (χ1n) is 6.27. The van der Waals surface area contributed by atoms with Gasteiger partial charge in [0.1, 0.15) is 0 Å². The van der Waals surface area contributed by atoms with E-state index >= 15 is 0 Å². The number of aliphatic hydroxyl groups is 1. The van der Waals surface area contributed by atoms with Crippen molar-refractivity contribution in [3.8, 4) is 6.07 Å². The molecule has 1 saturated heterocycles. The fourth-order valence-corrected chi connectivity index (χ4v) is 1.95. The molecule has 1 unspecified atom stereocenters. The van der Waals surface area contributed by atoms with E-state index in [0.717, 1.165) is 32.5 Å². The van der Waals surface area contributed by atoms with Crippen LogP contribution in [0.4, 0.5) is 0 Å². The number of rotatable bonds is 3. The van der Waals surface area contributed by atoms with Gasteiger partial charge in [0.05, 0.1) is 18.7 Å². The van der Waals surface area contributed by atoms with Crippen LogP contribution in [-0.4, -0.2) is 42.3 Å². The topological polar surface area (TPSA) is 73.3 Å². The summed E-state index contributed by atoms with van der Waals surface area (Å²) >= 11 is 0. The van der Waals surface area contributed by atoms with E-state index < -0.39 is 0 Å². The van der Waals surface area contributed by atoms with Crippen molar-refractivity contribution in [3.63, 3.8) is 0 Å². The molecule has 1 aromatic carbocycles. The Balaban J connectivity index is 0.000000357. The Labute approximate surface area is 109 Å². The summed E-state index contributed by atoms with van der Waals surface area (Å²) in [6.45, 7) is 3.10. The molecule has 0 radical (unpaired) electrons. The second kappa shape index (κ2) is 8.65. The molecule has 3 N–H and O–H groups in total. The average molecular weight is 247 g/mol. The summed E-state index contributed by atoms with van der Waals surface area (Å²) in [7, 11) is 0. The first kappa shape index (κ1) is 14.7. The first-order chi connectivity index (χ1) is 8.76. The van der Waals surface area contributed by atoms with Crippen molar-refractivity contribution in [2.24, 2.45) is 5.73 Å². The van der Waals surface area contributed by atoms with Gasteiger partial charge in [-0.25, -0.2) is 0 Å². The molecule has 2 rings (SSSR count). The van der Waals surface area contributed by atoms with Gasteiger partial charge in [0.25, 0.3) is 0 Å². The van der Waals surface area contributed by atoms with Gasteiger partial charge in [0.15, 0.2) is 0 Å². The molecule has 1 aromatic rings. The fourth-order valence-electron chi connectivity index (χ4n) is 1.95. The normalized spacial score (nSPS) is 18.8. The third-order valence-electron chi connectivity index (χ3n) is 2.90. The zero-order chi connectivity index (χ0) is 13.2. The summed E-state index contributed by atoms with van der Waals surface area (Å²) in [5.74, 6) is 0. The number of nitriles is 1. The number of nitrogens with two attached hydrogens (primary N) is 1. The second-order valence-electron chi connectivity index (χ2n) is 4.34. The molecule has 0 amide bonds. The number of benzene rings is 1. The molecule has 0 aromatic heterocycles. The van der Waals surface area contributed by atoms with E-state index in [0.29, 0.717) is 0 Å². The van der Waals surface area contributed by atoms with Gasteiger partial charge in [0, 0.05) is 19.6 Å². The number of hydrogen-bond donors (Lipinski definition) is 2. The predicted molar refractivity (Wildman–Crippen MR) is 71.9 cm³/mol. The van der Waals surface area contributed by atoms with E-state index in [4.69, 9.17) is 5.26 Å². The van der Waals surface area contributed by atoms with Gasteiger partial charge >= 0.3 is 0 Å². The van der Waals surface area contributed by atoms with Crippen LogP contribution < -0.4 is 5.73 Å². The largest absolute Gasteiger partial charge is 0.392 e. The van der Waals surface area contributed by atoms with Crippen molar-refractivity contribution in [1.29, 1.82) is 5.26 Å². The molecule has 4 heteroatoms. The van der Waals surface area contributed by atoms with E-state index in [1.165, 1.54) is 5.56 Å². The van der Waals surface area contributed by atoms with Gasteiger partial charge in [-0.3, -0.25) is 0 Å². The van der Waals surface area contributed by atoms with Crippen molar-refractivity contribution < 1.29 is 5.11 Å². The Morgan fingerprint density at radius 3 is 2.56 bits per heavy atom. The van der Waals surface area contributed by atoms with Crippen molar-refractivity contribution in [1.82, 2.24) is 4.90 Å². The lowest BCUT2D eigenvalue weighted by atomic mass is 10.1. The molecule has 0 spiro atoms. The van der Waals surface area contributed by atoms with Crippen molar-refractivity contribution in [2.45, 2.75) is 18.9 Å². The van der Waals surface area contributed by atoms with E-state index in [2.05, 4.69) is 34.9 Å². The van der Waals surface area contributed by atoms with Gasteiger partial charge in [-0.05, 0) is 18.4 Å². The molecule has 0 aliphatic carbocycles. The Bertz CT molecular complexity index is 361. The van der Waals surface area contributed by atoms with E-state index in [9.17, 15) is 5.11 Å². The Morgan fingerprint density at radius 1 is 1.39 bits per heavy atom. The molecular weight excluding hydrogens is 226 g/mol. The molecular formula is C14H21N3O. The smallest absolute Gasteiger partial charge is 0.0815 e. The number of aliphatic hydroxyl groups excluding tert-OH is 1. The van der Waals surface area contributed by atoms with Crippen LogP contribution in [0.5, 0.6) is 0 Å². The van der Waals surface area contributed by atoms with Gasteiger partial charge < -0.3 is 15.7 Å². The number of likely N-dealkylation sites (tertiary alicyclic amines) is 1. The Morgan fingerprint density at radius 2 is 2.06 bits per heavy atom. The minimum atomic E-state index is -0.0919. The highest BCUT2D eigenvalue weighted by atomic mass is 16.3. The van der Waals surface area contributed by atoms with Crippen LogP contribution in [0.25, 0.3) is 0 Å². The van der Waals surface area contributed by atoms with Crippen LogP contribution in [0.15, 0.2) is 30.3 Å². The molecule has 18 heavy (non-hydrogen) atoms. The summed E-state index contributed by atoms with van der Waals surface area (Å²) in [5, 5.41) is 16.9. The summed E-state index contributed by atoms with van der Waals surface area (Å²) < 4.78 is 0. The Hall–Kier alpha value is -1.41. The molecule has 1 heterocycles. The molecule has 0 bridgehead atoms. The summed E-state index contributed by atoms with van der Waals surface area (Å²) in [6.07, 6.45) is 1.94. The molecule has 4 nitrogen and oxygen atoms in total. The molecule has 1 aliphatic rings. The first-order valence-corrected chi connectivity index (χ1v) is 6.27. The highest BCUT2D eigenvalue weighted by Crippen LogP contribution is 2.09. The van der Waals surface area contributed by atoms with Gasteiger partial charge in [-0.1, -0.05) is 30.3 Å².